The van der Waals surface area contributed by atoms with Crippen molar-refractivity contribution in [2.45, 2.75) is 206 Å². The van der Waals surface area contributed by atoms with Crippen LogP contribution in [-0.2, 0) is 9.53 Å². The predicted molar refractivity (Wildman–Crippen MR) is 203 cm³/mol. The Labute approximate surface area is 488 Å². The highest BCUT2D eigenvalue weighted by molar-refractivity contribution is 6.80. The standard InChI is InChI=1S/C38H27F51N2O3Si/c1-11(2)12(13(90)92)91-14(93)94-6-10-95(7-3-15(39,40)18(45,46)21(51,52)24(57,58)27(63,64)30(69,70)33(75,76)36(81,82)83,8-4-16(41,42)19(47,48)22(53,54)25(59,60)28(65,66)31(71,72)34(77,78)37(84,85)86)9-5-17(43,44)20(49,50)23(55,56)26(61,62)29(67,68)32(73,74)35(79,80)38(87,88)89/h11-12H,3-10H2,1-2H3,(H2,90,92)(H,91,93)/t12-/m0/s1. The Hall–Kier alpha value is -4.61. The summed E-state index contributed by atoms with van der Waals surface area (Å²) >= 11 is 0. The average Bonchev–Trinajstić information content (AvgIpc) is 0.709. The van der Waals surface area contributed by atoms with Crippen molar-refractivity contribution in [3.8, 4) is 0 Å². The van der Waals surface area contributed by atoms with Gasteiger partial charge in [-0.25, -0.2) is 4.79 Å². The summed E-state index contributed by atoms with van der Waals surface area (Å²) in [5, 5.41) is 1.13. The van der Waals surface area contributed by atoms with E-state index in [-0.39, 0.29) is 0 Å². The highest BCUT2D eigenvalue weighted by Gasteiger charge is 2.99. The monoisotopic (exact) mass is 1560 g/mol. The molecule has 0 bridgehead atoms. The van der Waals surface area contributed by atoms with Gasteiger partial charge in [-0.1, -0.05) is 32.0 Å². The highest BCUT2D eigenvalue weighted by atomic mass is 28.3. The minimum atomic E-state index is -9.76. The number of nitrogens with two attached hydrogens (primary N) is 1. The first-order valence-corrected chi connectivity index (χ1v) is 25.7. The van der Waals surface area contributed by atoms with E-state index >= 15 is 52.7 Å². The third-order valence-electron chi connectivity index (χ3n) is 13.4. The summed E-state index contributed by atoms with van der Waals surface area (Å²) in [7, 11) is -7.77. The molecule has 0 heterocycles. The van der Waals surface area contributed by atoms with Crippen LogP contribution in [0.4, 0.5) is 229 Å². The van der Waals surface area contributed by atoms with Gasteiger partial charge in [0, 0.05) is 19.3 Å². The van der Waals surface area contributed by atoms with Crippen molar-refractivity contribution < 1.29 is 238 Å². The number of ether oxygens (including phenoxy) is 1. The number of rotatable bonds is 33. The van der Waals surface area contributed by atoms with Crippen molar-refractivity contribution >= 4 is 20.1 Å². The fraction of sp³-hybridized carbons (Fsp3) is 0.947. The van der Waals surface area contributed by atoms with Crippen LogP contribution in [0.3, 0.4) is 0 Å². The van der Waals surface area contributed by atoms with Crippen LogP contribution in [0.15, 0.2) is 0 Å². The molecule has 0 spiro atoms. The topological polar surface area (TPSA) is 81.4 Å². The molecule has 0 aromatic heterocycles. The lowest BCUT2D eigenvalue weighted by Gasteiger charge is -2.44. The number of amides is 2. The summed E-state index contributed by atoms with van der Waals surface area (Å²) in [6, 6.07) is -17.3. The molecule has 1 atom stereocenters. The van der Waals surface area contributed by atoms with Crippen LogP contribution in [0.2, 0.25) is 24.2 Å². The summed E-state index contributed by atoms with van der Waals surface area (Å²) in [5.41, 5.74) is 4.77. The number of primary amides is 1. The second kappa shape index (κ2) is 24.9. The zero-order chi connectivity index (χ0) is 77.9. The zero-order valence-corrected chi connectivity index (χ0v) is 44.9. The van der Waals surface area contributed by atoms with E-state index < -0.39 is 225 Å². The number of alkyl halides is 51. The molecule has 0 saturated carbocycles. The van der Waals surface area contributed by atoms with Crippen molar-refractivity contribution in [1.82, 2.24) is 5.32 Å². The number of halogens is 51. The Balaban J connectivity index is 9.29. The third-order valence-corrected chi connectivity index (χ3v) is 18.6. The van der Waals surface area contributed by atoms with Crippen LogP contribution in [0.1, 0.15) is 33.1 Å². The number of carbonyl (C=O) groups excluding carboxylic acids is 2. The van der Waals surface area contributed by atoms with E-state index in [1.165, 1.54) is 0 Å². The Morgan fingerprint density at radius 1 is 0.295 bits per heavy atom. The Morgan fingerprint density at radius 3 is 0.621 bits per heavy atom. The van der Waals surface area contributed by atoms with Crippen molar-refractivity contribution in [1.29, 1.82) is 0 Å². The quantitative estimate of drug-likeness (QED) is 0.0507. The molecule has 0 fully saturated rings. The van der Waals surface area contributed by atoms with Crippen LogP contribution in [0.5, 0.6) is 0 Å². The Kier molecular flexibility index (Phi) is 23.7. The lowest BCUT2D eigenvalue weighted by molar-refractivity contribution is -0.461. The molecule has 0 aliphatic heterocycles. The Bertz CT molecular complexity index is 2420. The summed E-state index contributed by atoms with van der Waals surface area (Å²) < 4.78 is 722. The first kappa shape index (κ1) is 90.4. The van der Waals surface area contributed by atoms with E-state index in [9.17, 15) is 181 Å². The number of hydrogen-bond acceptors (Lipinski definition) is 3. The van der Waals surface area contributed by atoms with E-state index in [0.717, 1.165) is 19.2 Å². The van der Waals surface area contributed by atoms with Crippen LogP contribution < -0.4 is 11.1 Å². The van der Waals surface area contributed by atoms with Crippen molar-refractivity contribution in [2.24, 2.45) is 11.7 Å². The van der Waals surface area contributed by atoms with E-state index in [1.807, 2.05) is 0 Å². The van der Waals surface area contributed by atoms with Crippen LogP contribution in [0, 0.1) is 5.92 Å². The van der Waals surface area contributed by atoms with Gasteiger partial charge < -0.3 is 15.8 Å². The smallest absolute Gasteiger partial charge is 0.450 e. The van der Waals surface area contributed by atoms with Crippen LogP contribution in [-0.4, -0.2) is 176 Å². The van der Waals surface area contributed by atoms with Crippen molar-refractivity contribution in [3.63, 3.8) is 0 Å². The molecule has 0 aliphatic carbocycles. The van der Waals surface area contributed by atoms with Gasteiger partial charge in [-0.05, 0) is 12.0 Å². The van der Waals surface area contributed by atoms with Crippen molar-refractivity contribution in [2.75, 3.05) is 6.61 Å². The lowest BCUT2D eigenvalue weighted by Crippen LogP contribution is -2.74. The number of carbonyl (C=O) groups is 2. The zero-order valence-electron chi connectivity index (χ0n) is 43.9. The molecule has 5 nitrogen and oxygen atoms in total. The molecule has 0 aromatic carbocycles. The minimum absolute atomic E-state index is 0.757. The predicted octanol–water partition coefficient (Wildman–Crippen LogP) is 18.9. The van der Waals surface area contributed by atoms with Gasteiger partial charge in [0.1, 0.15) is 6.04 Å². The fourth-order valence-electron chi connectivity index (χ4n) is 7.17. The van der Waals surface area contributed by atoms with Gasteiger partial charge in [-0.2, -0.15) is 224 Å². The maximum atomic E-state index is 15.4. The lowest BCUT2D eigenvalue weighted by atomic mass is 9.88. The molecule has 0 radical (unpaired) electrons. The van der Waals surface area contributed by atoms with Gasteiger partial charge in [0.2, 0.25) is 5.91 Å². The molecular weight excluding hydrogens is 1530 g/mol. The number of alkyl carbamates (subject to hydrolysis) is 1. The van der Waals surface area contributed by atoms with Crippen molar-refractivity contribution in [3.05, 3.63) is 0 Å². The molecule has 2 amide bonds. The summed E-state index contributed by atoms with van der Waals surface area (Å²) in [4.78, 5) is 24.0. The summed E-state index contributed by atoms with van der Waals surface area (Å²) in [5.74, 6) is -199. The molecule has 57 heteroatoms. The highest BCUT2D eigenvalue weighted by Crippen LogP contribution is 2.69. The summed E-state index contributed by atoms with van der Waals surface area (Å²) in [6.45, 7) is -1.32. The maximum absolute atomic E-state index is 15.4. The van der Waals surface area contributed by atoms with Gasteiger partial charge in [0.15, 0.2) is 0 Å². The first-order valence-electron chi connectivity index (χ1n) is 22.9. The second-order valence-electron chi connectivity index (χ2n) is 20.1. The SMILES string of the molecule is CC(C)[C@H](NC(=O)OCC[Si](CCC(F)(F)C(F)(F)C(F)(F)C(F)(F)C(F)(F)C(F)(F)C(F)(F)C(F)(F)F)(CCC(F)(F)C(F)(F)C(F)(F)C(F)(F)C(F)(F)C(F)(F)C(F)(F)C(F)(F)F)CCC(F)(F)C(F)(F)C(F)(F)C(F)(F)C(F)(F)C(F)(F)C(F)(F)C(F)(F)F)C(N)=O. The molecule has 3 N–H and O–H groups in total. The van der Waals surface area contributed by atoms with E-state index in [1.54, 1.807) is 0 Å². The molecule has 0 rings (SSSR count). The van der Waals surface area contributed by atoms with E-state index in [2.05, 4.69) is 4.74 Å². The third kappa shape index (κ3) is 13.6. The molecule has 0 aliphatic rings. The van der Waals surface area contributed by atoms with Gasteiger partial charge in [0.25, 0.3) is 0 Å². The minimum Gasteiger partial charge on any atom is -0.450 e. The molecule has 0 aromatic rings. The van der Waals surface area contributed by atoms with Crippen LogP contribution >= 0.6 is 0 Å². The fourth-order valence-corrected chi connectivity index (χ4v) is 11.7. The largest absolute Gasteiger partial charge is 0.460 e. The summed E-state index contributed by atoms with van der Waals surface area (Å²) in [6.07, 6.45) is -42.2. The van der Waals surface area contributed by atoms with Gasteiger partial charge >= 0.3 is 149 Å². The molecule has 0 unspecified atom stereocenters. The molecular formula is C38H27F51N2O3Si. The maximum Gasteiger partial charge on any atom is 0.460 e. The van der Waals surface area contributed by atoms with Gasteiger partial charge in [-0.15, -0.1) is 0 Å². The number of nitrogens with one attached hydrogen (secondary N) is 1. The first-order chi connectivity index (χ1) is 40.5. The molecule has 568 valence electrons. The molecule has 95 heavy (non-hydrogen) atoms. The Morgan fingerprint density at radius 2 is 0.463 bits per heavy atom. The average molecular weight is 1560 g/mol. The van der Waals surface area contributed by atoms with Gasteiger partial charge in [0.05, 0.1) is 14.7 Å². The normalized spacial score (nSPS) is 16.8. The number of hydrogen-bond donors (Lipinski definition) is 2. The van der Waals surface area contributed by atoms with Crippen LogP contribution in [0.25, 0.3) is 0 Å². The van der Waals surface area contributed by atoms with Gasteiger partial charge in [-0.3, -0.25) is 4.79 Å². The molecule has 0 saturated heterocycles. The van der Waals surface area contributed by atoms with E-state index in [0.29, 0.717) is 0 Å². The van der Waals surface area contributed by atoms with E-state index in [4.69, 9.17) is 5.73 Å². The second-order valence-corrected chi connectivity index (χ2v) is 25.1.